The molecule has 1 saturated heterocycles. The number of carbonyl (C=O) groups is 1. The number of piperidine rings is 1. The second-order valence-corrected chi connectivity index (χ2v) is 11.1. The highest BCUT2D eigenvalue weighted by atomic mass is 32.2. The van der Waals surface area contributed by atoms with Crippen molar-refractivity contribution in [2.75, 3.05) is 26.9 Å². The maximum atomic E-state index is 13.8. The van der Waals surface area contributed by atoms with Crippen LogP contribution in [0.5, 0.6) is 11.5 Å². The second kappa shape index (κ2) is 12.4. The van der Waals surface area contributed by atoms with Gasteiger partial charge in [0.25, 0.3) is 0 Å². The molecule has 0 bridgehead atoms. The fraction of sp³-hybridized carbons (Fsp3) is 0.519. The summed E-state index contributed by atoms with van der Waals surface area (Å²) in [7, 11) is -2.55. The number of esters is 1. The molecule has 35 heavy (non-hydrogen) atoms. The molecule has 192 valence electrons. The summed E-state index contributed by atoms with van der Waals surface area (Å²) in [5.41, 5.74) is 0.721. The van der Waals surface area contributed by atoms with Crippen molar-refractivity contribution in [1.29, 1.82) is 0 Å². The minimum atomic E-state index is -4.06. The van der Waals surface area contributed by atoms with Gasteiger partial charge in [0.05, 0.1) is 25.2 Å². The average molecular weight is 504 g/mol. The molecule has 0 radical (unpaired) electrons. The van der Waals surface area contributed by atoms with Crippen LogP contribution in [0.3, 0.4) is 0 Å². The van der Waals surface area contributed by atoms with Gasteiger partial charge in [-0.1, -0.05) is 25.5 Å². The molecule has 2 aromatic rings. The molecule has 1 fully saturated rings. The Bertz CT molecular complexity index is 1050. The van der Waals surface area contributed by atoms with Crippen molar-refractivity contribution < 1.29 is 27.4 Å². The molecular weight excluding hydrogens is 466 g/mol. The topological polar surface area (TPSA) is 90.9 Å². The molecule has 0 spiro atoms. The standard InChI is InChI=1S/C27H37NO6S/c1-4-27(26(29)33-5-2,35(30,31)25-15-13-23(32-3)14-16-25)20-21-9-11-24(12-10-21)34-19-17-22-8-6-7-18-28-22/h9-16,22,28H,4-8,17-20H2,1-3H3. The third-order valence-electron chi connectivity index (χ3n) is 6.66. The smallest absolute Gasteiger partial charge is 0.328 e. The van der Waals surface area contributed by atoms with Gasteiger partial charge >= 0.3 is 5.97 Å². The number of benzene rings is 2. The minimum Gasteiger partial charge on any atom is -0.497 e. The van der Waals surface area contributed by atoms with Gasteiger partial charge in [0, 0.05) is 12.5 Å². The van der Waals surface area contributed by atoms with Gasteiger partial charge < -0.3 is 19.5 Å². The number of hydrogen-bond acceptors (Lipinski definition) is 7. The van der Waals surface area contributed by atoms with Crippen molar-refractivity contribution in [1.82, 2.24) is 5.32 Å². The van der Waals surface area contributed by atoms with E-state index in [1.807, 2.05) is 24.3 Å². The van der Waals surface area contributed by atoms with E-state index in [4.69, 9.17) is 14.2 Å². The zero-order chi connectivity index (χ0) is 25.3. The minimum absolute atomic E-state index is 0.00295. The highest BCUT2D eigenvalue weighted by Crippen LogP contribution is 2.35. The van der Waals surface area contributed by atoms with E-state index in [0.717, 1.165) is 24.3 Å². The van der Waals surface area contributed by atoms with E-state index in [1.165, 1.54) is 38.5 Å². The second-order valence-electron chi connectivity index (χ2n) is 8.85. The first-order valence-electron chi connectivity index (χ1n) is 12.4. The van der Waals surface area contributed by atoms with Crippen molar-refractivity contribution in [2.24, 2.45) is 0 Å². The van der Waals surface area contributed by atoms with Gasteiger partial charge in [-0.2, -0.15) is 0 Å². The third-order valence-corrected chi connectivity index (χ3v) is 9.18. The van der Waals surface area contributed by atoms with E-state index in [9.17, 15) is 13.2 Å². The summed E-state index contributed by atoms with van der Waals surface area (Å²) < 4.78 is 42.2. The summed E-state index contributed by atoms with van der Waals surface area (Å²) in [6.45, 7) is 5.16. The van der Waals surface area contributed by atoms with Crippen LogP contribution in [-0.4, -0.2) is 52.0 Å². The number of rotatable bonds is 12. The molecule has 1 aliphatic rings. The maximum Gasteiger partial charge on any atom is 0.328 e. The van der Waals surface area contributed by atoms with Crippen LogP contribution in [0.4, 0.5) is 0 Å². The van der Waals surface area contributed by atoms with Gasteiger partial charge in [0.2, 0.25) is 0 Å². The molecule has 0 aliphatic carbocycles. The van der Waals surface area contributed by atoms with E-state index in [1.54, 1.807) is 26.0 Å². The number of carbonyl (C=O) groups excluding carboxylic acids is 1. The van der Waals surface area contributed by atoms with Crippen molar-refractivity contribution in [3.8, 4) is 11.5 Å². The lowest BCUT2D eigenvalue weighted by Gasteiger charge is -2.30. The lowest BCUT2D eigenvalue weighted by molar-refractivity contribution is -0.146. The molecule has 8 heteroatoms. The molecule has 0 saturated carbocycles. The molecule has 1 heterocycles. The SMILES string of the molecule is CCOC(=O)C(CC)(Cc1ccc(OCCC2CCCCN2)cc1)S(=O)(=O)c1ccc(OC)cc1. The summed E-state index contributed by atoms with van der Waals surface area (Å²) in [4.78, 5) is 13.2. The van der Waals surface area contributed by atoms with Crippen LogP contribution in [-0.2, 0) is 25.8 Å². The van der Waals surface area contributed by atoms with Crippen LogP contribution in [0.15, 0.2) is 53.4 Å². The van der Waals surface area contributed by atoms with Crippen LogP contribution in [0.1, 0.15) is 51.5 Å². The molecule has 2 unspecified atom stereocenters. The van der Waals surface area contributed by atoms with Gasteiger partial charge in [0.1, 0.15) is 11.5 Å². The van der Waals surface area contributed by atoms with Gasteiger partial charge in [-0.15, -0.1) is 0 Å². The Morgan fingerprint density at radius 3 is 2.29 bits per heavy atom. The molecule has 1 N–H and O–H groups in total. The summed E-state index contributed by atoms with van der Waals surface area (Å²) >= 11 is 0. The summed E-state index contributed by atoms with van der Waals surface area (Å²) in [6.07, 6.45) is 4.70. The Kier molecular flexibility index (Phi) is 9.57. The largest absolute Gasteiger partial charge is 0.497 e. The first-order valence-corrected chi connectivity index (χ1v) is 13.9. The Hall–Kier alpha value is -2.58. The van der Waals surface area contributed by atoms with E-state index in [0.29, 0.717) is 18.4 Å². The zero-order valence-electron chi connectivity index (χ0n) is 20.9. The number of nitrogens with one attached hydrogen (secondary N) is 1. The highest BCUT2D eigenvalue weighted by Gasteiger charge is 2.51. The molecule has 2 aromatic carbocycles. The van der Waals surface area contributed by atoms with Crippen LogP contribution in [0.25, 0.3) is 0 Å². The Morgan fingerprint density at radius 1 is 1.03 bits per heavy atom. The van der Waals surface area contributed by atoms with Crippen molar-refractivity contribution in [3.63, 3.8) is 0 Å². The van der Waals surface area contributed by atoms with Crippen LogP contribution in [0, 0.1) is 0 Å². The van der Waals surface area contributed by atoms with Crippen LogP contribution in [0.2, 0.25) is 0 Å². The number of sulfone groups is 1. The molecule has 7 nitrogen and oxygen atoms in total. The van der Waals surface area contributed by atoms with Crippen molar-refractivity contribution >= 4 is 15.8 Å². The molecule has 3 rings (SSSR count). The monoisotopic (exact) mass is 503 g/mol. The lowest BCUT2D eigenvalue weighted by atomic mass is 9.95. The van der Waals surface area contributed by atoms with Gasteiger partial charge in [0.15, 0.2) is 14.6 Å². The van der Waals surface area contributed by atoms with E-state index in [-0.39, 0.29) is 24.3 Å². The van der Waals surface area contributed by atoms with Crippen LogP contribution >= 0.6 is 0 Å². The first kappa shape index (κ1) is 27.0. The summed E-state index contributed by atoms with van der Waals surface area (Å²) in [5.74, 6) is 0.525. The average Bonchev–Trinajstić information content (AvgIpc) is 2.89. The molecule has 1 aliphatic heterocycles. The molecular formula is C27H37NO6S. The Morgan fingerprint density at radius 2 is 1.71 bits per heavy atom. The molecule has 0 amide bonds. The highest BCUT2D eigenvalue weighted by molar-refractivity contribution is 7.93. The Labute approximate surface area is 209 Å². The molecule has 0 aromatic heterocycles. The summed E-state index contributed by atoms with van der Waals surface area (Å²) in [5, 5.41) is 3.51. The first-order chi connectivity index (χ1) is 16.9. The third kappa shape index (κ3) is 6.35. The fourth-order valence-corrected chi connectivity index (χ4v) is 6.46. The fourth-order valence-electron chi connectivity index (χ4n) is 4.50. The quantitative estimate of drug-likeness (QED) is 0.431. The zero-order valence-corrected chi connectivity index (χ0v) is 21.7. The van der Waals surface area contributed by atoms with Gasteiger partial charge in [-0.25, -0.2) is 8.42 Å². The van der Waals surface area contributed by atoms with Gasteiger partial charge in [-0.3, -0.25) is 4.79 Å². The van der Waals surface area contributed by atoms with E-state index < -0.39 is 20.6 Å². The Balaban J connectivity index is 1.78. The van der Waals surface area contributed by atoms with E-state index >= 15 is 0 Å². The lowest BCUT2D eigenvalue weighted by Crippen LogP contribution is -2.49. The maximum absolute atomic E-state index is 13.8. The van der Waals surface area contributed by atoms with Crippen molar-refractivity contribution in [3.05, 3.63) is 54.1 Å². The number of hydrogen-bond donors (Lipinski definition) is 1. The summed E-state index contributed by atoms with van der Waals surface area (Å²) in [6, 6.07) is 13.9. The van der Waals surface area contributed by atoms with Gasteiger partial charge in [-0.05, 0) is 81.1 Å². The van der Waals surface area contributed by atoms with Crippen LogP contribution < -0.4 is 14.8 Å². The normalized spacial score (nSPS) is 17.9. The van der Waals surface area contributed by atoms with E-state index in [2.05, 4.69) is 5.32 Å². The molecule has 2 atom stereocenters. The predicted molar refractivity (Wildman–Crippen MR) is 136 cm³/mol. The number of ether oxygens (including phenoxy) is 3. The predicted octanol–water partition coefficient (Wildman–Crippen LogP) is 4.33. The number of methoxy groups -OCH3 is 1. The van der Waals surface area contributed by atoms with Crippen molar-refractivity contribution in [2.45, 2.75) is 68.1 Å².